The number of rotatable bonds is 3. The van der Waals surface area contributed by atoms with Gasteiger partial charge in [0.25, 0.3) is 0 Å². The summed E-state index contributed by atoms with van der Waals surface area (Å²) in [7, 11) is 0. The molecule has 0 bridgehead atoms. The maximum Gasteiger partial charge on any atom is 0.320 e. The van der Waals surface area contributed by atoms with Crippen molar-refractivity contribution in [2.45, 2.75) is 44.7 Å². The molecule has 6 heteroatoms. The van der Waals surface area contributed by atoms with Crippen LogP contribution in [0.1, 0.15) is 32.6 Å². The summed E-state index contributed by atoms with van der Waals surface area (Å²) in [5.41, 5.74) is 5.87. The first-order chi connectivity index (χ1) is 9.49. The summed E-state index contributed by atoms with van der Waals surface area (Å²) in [6.45, 7) is 4.26. The Morgan fingerprint density at radius 2 is 1.65 bits per heavy atom. The molecule has 1 aliphatic carbocycles. The Balaban J connectivity index is 1.81. The number of amides is 1. The molecule has 0 aromatic heterocycles. The molecule has 2 fully saturated rings. The highest BCUT2D eigenvalue weighted by atomic mass is 16.4. The minimum absolute atomic E-state index is 0.123. The average Bonchev–Trinajstić information content (AvgIpc) is 2.46. The molecule has 0 aromatic rings. The zero-order valence-corrected chi connectivity index (χ0v) is 12.1. The van der Waals surface area contributed by atoms with E-state index in [0.29, 0.717) is 26.2 Å². The third-order valence-corrected chi connectivity index (χ3v) is 4.65. The van der Waals surface area contributed by atoms with Crippen molar-refractivity contribution in [1.82, 2.24) is 9.80 Å². The summed E-state index contributed by atoms with van der Waals surface area (Å²) < 4.78 is 0. The molecule has 1 heterocycles. The van der Waals surface area contributed by atoms with Crippen LogP contribution < -0.4 is 5.73 Å². The molecule has 0 radical (unpaired) electrons. The maximum absolute atomic E-state index is 12.4. The van der Waals surface area contributed by atoms with Gasteiger partial charge in [-0.05, 0) is 32.6 Å². The van der Waals surface area contributed by atoms with Crippen LogP contribution in [0.2, 0.25) is 0 Å². The van der Waals surface area contributed by atoms with Crippen molar-refractivity contribution in [1.29, 1.82) is 0 Å². The fourth-order valence-corrected chi connectivity index (χ4v) is 3.11. The fraction of sp³-hybridized carbons (Fsp3) is 0.857. The number of carboxylic acids is 1. The second-order valence-corrected chi connectivity index (χ2v) is 5.99. The average molecular weight is 283 g/mol. The van der Waals surface area contributed by atoms with Crippen LogP contribution in [0.5, 0.6) is 0 Å². The first-order valence-electron chi connectivity index (χ1n) is 7.50. The lowest BCUT2D eigenvalue weighted by Gasteiger charge is -2.38. The van der Waals surface area contributed by atoms with Crippen molar-refractivity contribution in [3.05, 3.63) is 0 Å². The second-order valence-electron chi connectivity index (χ2n) is 5.99. The Hall–Kier alpha value is -1.14. The Morgan fingerprint density at radius 3 is 2.15 bits per heavy atom. The van der Waals surface area contributed by atoms with E-state index in [-0.39, 0.29) is 17.9 Å². The molecule has 1 aliphatic heterocycles. The van der Waals surface area contributed by atoms with Crippen LogP contribution in [-0.2, 0) is 9.59 Å². The predicted octanol–water partition coefficient (Wildman–Crippen LogP) is 0.121. The summed E-state index contributed by atoms with van der Waals surface area (Å²) in [6, 6.07) is -0.216. The van der Waals surface area contributed by atoms with E-state index in [9.17, 15) is 9.59 Å². The predicted molar refractivity (Wildman–Crippen MR) is 75.2 cm³/mol. The number of nitrogens with zero attached hydrogens (tertiary/aromatic N) is 2. The van der Waals surface area contributed by atoms with Gasteiger partial charge >= 0.3 is 5.97 Å². The Kier molecular flexibility index (Phi) is 4.99. The van der Waals surface area contributed by atoms with Gasteiger partial charge in [0.15, 0.2) is 0 Å². The largest absolute Gasteiger partial charge is 0.480 e. The highest BCUT2D eigenvalue weighted by Crippen LogP contribution is 2.25. The monoisotopic (exact) mass is 283 g/mol. The summed E-state index contributed by atoms with van der Waals surface area (Å²) in [5, 5.41) is 9.00. The summed E-state index contributed by atoms with van der Waals surface area (Å²) in [5.74, 6) is -0.441. The lowest BCUT2D eigenvalue weighted by Crippen LogP contribution is -2.54. The SMILES string of the molecule is CC(C(=O)O)N1CCN(C(=O)C2CCC(N)CC2)CC1. The Bertz CT molecular complexity index is 359. The van der Waals surface area contributed by atoms with Gasteiger partial charge in [0.2, 0.25) is 5.91 Å². The molecule has 1 saturated heterocycles. The minimum atomic E-state index is -0.800. The number of carboxylic acid groups (broad SMARTS) is 1. The number of aliphatic carboxylic acids is 1. The summed E-state index contributed by atoms with van der Waals surface area (Å²) >= 11 is 0. The van der Waals surface area contributed by atoms with Crippen molar-refractivity contribution in [3.63, 3.8) is 0 Å². The zero-order valence-electron chi connectivity index (χ0n) is 12.1. The highest BCUT2D eigenvalue weighted by Gasteiger charge is 2.32. The number of piperazine rings is 1. The standard InChI is InChI=1S/C14H25N3O3/c1-10(14(19)20)16-6-8-17(9-7-16)13(18)11-2-4-12(15)5-3-11/h10-12H,2-9,15H2,1H3,(H,19,20). The van der Waals surface area contributed by atoms with Gasteiger partial charge in [0, 0.05) is 38.1 Å². The molecule has 2 rings (SSSR count). The van der Waals surface area contributed by atoms with Crippen molar-refractivity contribution in [3.8, 4) is 0 Å². The lowest BCUT2D eigenvalue weighted by molar-refractivity contribution is -0.144. The van der Waals surface area contributed by atoms with Crippen LogP contribution in [0.15, 0.2) is 0 Å². The van der Waals surface area contributed by atoms with Gasteiger partial charge in [-0.2, -0.15) is 0 Å². The van der Waals surface area contributed by atoms with E-state index in [1.807, 2.05) is 9.80 Å². The van der Waals surface area contributed by atoms with Crippen molar-refractivity contribution >= 4 is 11.9 Å². The normalized spacial score (nSPS) is 30.0. The smallest absolute Gasteiger partial charge is 0.320 e. The van der Waals surface area contributed by atoms with E-state index < -0.39 is 12.0 Å². The van der Waals surface area contributed by atoms with Crippen LogP contribution in [0, 0.1) is 5.92 Å². The van der Waals surface area contributed by atoms with E-state index in [1.54, 1.807) is 6.92 Å². The number of hydrogen-bond acceptors (Lipinski definition) is 4. The molecule has 6 nitrogen and oxygen atoms in total. The van der Waals surface area contributed by atoms with E-state index in [2.05, 4.69) is 0 Å². The van der Waals surface area contributed by atoms with Crippen LogP contribution in [0.3, 0.4) is 0 Å². The molecular weight excluding hydrogens is 258 g/mol. The molecule has 3 N–H and O–H groups in total. The quantitative estimate of drug-likeness (QED) is 0.768. The third-order valence-electron chi connectivity index (χ3n) is 4.65. The highest BCUT2D eigenvalue weighted by molar-refractivity contribution is 5.79. The molecule has 1 atom stereocenters. The van der Waals surface area contributed by atoms with E-state index in [4.69, 9.17) is 10.8 Å². The van der Waals surface area contributed by atoms with Crippen LogP contribution in [0.25, 0.3) is 0 Å². The summed E-state index contributed by atoms with van der Waals surface area (Å²) in [4.78, 5) is 27.2. The van der Waals surface area contributed by atoms with E-state index in [1.165, 1.54) is 0 Å². The number of hydrogen-bond donors (Lipinski definition) is 2. The van der Waals surface area contributed by atoms with Gasteiger partial charge in [0.1, 0.15) is 6.04 Å². The number of carbonyl (C=O) groups is 2. The number of carbonyl (C=O) groups excluding carboxylic acids is 1. The van der Waals surface area contributed by atoms with Crippen LogP contribution >= 0.6 is 0 Å². The fourth-order valence-electron chi connectivity index (χ4n) is 3.11. The molecule has 1 amide bonds. The molecule has 20 heavy (non-hydrogen) atoms. The lowest BCUT2D eigenvalue weighted by atomic mass is 9.85. The van der Waals surface area contributed by atoms with Crippen molar-refractivity contribution in [2.24, 2.45) is 11.7 Å². The molecule has 1 unspecified atom stereocenters. The van der Waals surface area contributed by atoms with E-state index >= 15 is 0 Å². The molecule has 2 aliphatic rings. The number of nitrogens with two attached hydrogens (primary N) is 1. The van der Waals surface area contributed by atoms with Crippen LogP contribution in [-0.4, -0.2) is 65.0 Å². The minimum Gasteiger partial charge on any atom is -0.480 e. The first-order valence-corrected chi connectivity index (χ1v) is 7.50. The third kappa shape index (κ3) is 3.49. The Labute approximate surface area is 119 Å². The maximum atomic E-state index is 12.4. The van der Waals surface area contributed by atoms with Gasteiger partial charge in [-0.25, -0.2) is 0 Å². The Morgan fingerprint density at radius 1 is 1.10 bits per heavy atom. The topological polar surface area (TPSA) is 86.9 Å². The second kappa shape index (κ2) is 6.54. The molecular formula is C14H25N3O3. The van der Waals surface area contributed by atoms with Crippen molar-refractivity contribution in [2.75, 3.05) is 26.2 Å². The van der Waals surface area contributed by atoms with Crippen LogP contribution in [0.4, 0.5) is 0 Å². The first kappa shape index (κ1) is 15.3. The van der Waals surface area contributed by atoms with Crippen molar-refractivity contribution < 1.29 is 14.7 Å². The van der Waals surface area contributed by atoms with Gasteiger partial charge in [-0.1, -0.05) is 0 Å². The van der Waals surface area contributed by atoms with Gasteiger partial charge in [-0.15, -0.1) is 0 Å². The van der Waals surface area contributed by atoms with Gasteiger partial charge in [-0.3, -0.25) is 14.5 Å². The summed E-state index contributed by atoms with van der Waals surface area (Å²) in [6.07, 6.45) is 3.66. The van der Waals surface area contributed by atoms with Gasteiger partial charge < -0.3 is 15.7 Å². The zero-order chi connectivity index (χ0) is 14.7. The molecule has 0 spiro atoms. The van der Waals surface area contributed by atoms with Gasteiger partial charge in [0.05, 0.1) is 0 Å². The molecule has 114 valence electrons. The molecule has 1 saturated carbocycles. The van der Waals surface area contributed by atoms with E-state index in [0.717, 1.165) is 25.7 Å². The molecule has 0 aromatic carbocycles.